The first-order valence-corrected chi connectivity index (χ1v) is 10.5. The number of amides is 1. The van der Waals surface area contributed by atoms with Crippen LogP contribution in [0.1, 0.15) is 31.2 Å². The van der Waals surface area contributed by atoms with Crippen molar-refractivity contribution in [2.45, 2.75) is 25.7 Å². The number of ether oxygens (including phenoxy) is 3. The summed E-state index contributed by atoms with van der Waals surface area (Å²) in [5.74, 6) is 1.91. The van der Waals surface area contributed by atoms with Gasteiger partial charge in [-0.25, -0.2) is 0 Å². The lowest BCUT2D eigenvalue weighted by Crippen LogP contribution is -2.46. The number of hydrogen-bond acceptors (Lipinski definition) is 6. The molecule has 0 N–H and O–H groups in total. The molecular weight excluding hydrogens is 370 g/mol. The van der Waals surface area contributed by atoms with E-state index in [2.05, 4.69) is 11.0 Å². The zero-order valence-corrected chi connectivity index (χ0v) is 17.3. The van der Waals surface area contributed by atoms with E-state index in [1.54, 1.807) is 25.3 Å². The van der Waals surface area contributed by atoms with Gasteiger partial charge < -0.3 is 19.1 Å². The lowest BCUT2D eigenvalue weighted by Gasteiger charge is -2.36. The predicted octanol–water partition coefficient (Wildman–Crippen LogP) is 2.30. The number of carbonyl (C=O) groups is 1. The van der Waals surface area contributed by atoms with E-state index in [4.69, 9.17) is 19.5 Å². The Kier molecular flexibility index (Phi) is 8.14. The Morgan fingerprint density at radius 1 is 1.28 bits per heavy atom. The quantitative estimate of drug-likeness (QED) is 0.622. The fourth-order valence-corrected chi connectivity index (χ4v) is 4.01. The first kappa shape index (κ1) is 21.4. The summed E-state index contributed by atoms with van der Waals surface area (Å²) in [6.45, 7) is 6.87. The van der Waals surface area contributed by atoms with Crippen molar-refractivity contribution in [1.29, 1.82) is 5.26 Å². The molecule has 0 bridgehead atoms. The molecule has 29 heavy (non-hydrogen) atoms. The molecule has 2 saturated heterocycles. The molecule has 158 valence electrons. The van der Waals surface area contributed by atoms with Crippen molar-refractivity contribution in [1.82, 2.24) is 9.80 Å². The fourth-order valence-electron chi connectivity index (χ4n) is 4.01. The van der Waals surface area contributed by atoms with Gasteiger partial charge in [0.05, 0.1) is 38.6 Å². The maximum absolute atomic E-state index is 12.6. The molecule has 1 aromatic carbocycles. The molecule has 7 nitrogen and oxygen atoms in total. The van der Waals surface area contributed by atoms with Crippen molar-refractivity contribution in [2.24, 2.45) is 5.92 Å². The van der Waals surface area contributed by atoms with Crippen LogP contribution in [-0.4, -0.2) is 75.4 Å². The summed E-state index contributed by atoms with van der Waals surface area (Å²) in [6.07, 6.45) is 3.43. The van der Waals surface area contributed by atoms with Crippen molar-refractivity contribution in [2.75, 3.05) is 59.7 Å². The molecule has 0 aromatic heterocycles. The second-order valence-electron chi connectivity index (χ2n) is 7.69. The van der Waals surface area contributed by atoms with Crippen LogP contribution in [0, 0.1) is 17.2 Å². The van der Waals surface area contributed by atoms with Crippen LogP contribution in [0.15, 0.2) is 18.2 Å². The third kappa shape index (κ3) is 6.34. The highest BCUT2D eigenvalue weighted by atomic mass is 16.5. The van der Waals surface area contributed by atoms with Gasteiger partial charge >= 0.3 is 0 Å². The Bertz CT molecular complexity index is 712. The SMILES string of the molecule is COc1cc(C#N)ccc1OCCCC(=O)N1CCC[C@H](CN2CCOCC2)C1. The van der Waals surface area contributed by atoms with Gasteiger partial charge in [0, 0.05) is 45.2 Å². The third-order valence-corrected chi connectivity index (χ3v) is 5.58. The third-order valence-electron chi connectivity index (χ3n) is 5.58. The van der Waals surface area contributed by atoms with Crippen molar-refractivity contribution in [3.63, 3.8) is 0 Å². The van der Waals surface area contributed by atoms with E-state index >= 15 is 0 Å². The molecule has 0 radical (unpaired) electrons. The highest BCUT2D eigenvalue weighted by Crippen LogP contribution is 2.28. The molecule has 1 aromatic rings. The zero-order valence-electron chi connectivity index (χ0n) is 17.3. The molecule has 0 unspecified atom stereocenters. The first-order chi connectivity index (χ1) is 14.2. The molecule has 2 heterocycles. The molecule has 0 spiro atoms. The van der Waals surface area contributed by atoms with E-state index < -0.39 is 0 Å². The summed E-state index contributed by atoms with van der Waals surface area (Å²) in [6, 6.07) is 7.17. The fraction of sp³-hybridized carbons (Fsp3) is 0.636. The number of piperidine rings is 1. The molecule has 3 rings (SSSR count). The molecule has 0 aliphatic carbocycles. The monoisotopic (exact) mass is 401 g/mol. The topological polar surface area (TPSA) is 75.0 Å². The summed E-state index contributed by atoms with van der Waals surface area (Å²) < 4.78 is 16.5. The van der Waals surface area contributed by atoms with Crippen LogP contribution < -0.4 is 9.47 Å². The van der Waals surface area contributed by atoms with Gasteiger partial charge in [0.25, 0.3) is 0 Å². The minimum Gasteiger partial charge on any atom is -0.493 e. The van der Waals surface area contributed by atoms with Gasteiger partial charge in [0.1, 0.15) is 0 Å². The predicted molar refractivity (Wildman–Crippen MR) is 109 cm³/mol. The number of rotatable bonds is 8. The molecule has 2 fully saturated rings. The van der Waals surface area contributed by atoms with Crippen molar-refractivity contribution < 1.29 is 19.0 Å². The molecule has 2 aliphatic heterocycles. The van der Waals surface area contributed by atoms with E-state index in [-0.39, 0.29) is 5.91 Å². The summed E-state index contributed by atoms with van der Waals surface area (Å²) >= 11 is 0. The number of nitriles is 1. The van der Waals surface area contributed by atoms with Crippen LogP contribution in [0.3, 0.4) is 0 Å². The average Bonchev–Trinajstić information content (AvgIpc) is 2.77. The number of methoxy groups -OCH3 is 1. The second kappa shape index (κ2) is 11.0. The summed E-state index contributed by atoms with van der Waals surface area (Å²) in [7, 11) is 1.55. The highest BCUT2D eigenvalue weighted by molar-refractivity contribution is 5.76. The zero-order chi connectivity index (χ0) is 20.5. The summed E-state index contributed by atoms with van der Waals surface area (Å²) in [4.78, 5) is 17.1. The molecule has 1 amide bonds. The van der Waals surface area contributed by atoms with Crippen LogP contribution >= 0.6 is 0 Å². The van der Waals surface area contributed by atoms with Gasteiger partial charge in [-0.1, -0.05) is 0 Å². The van der Waals surface area contributed by atoms with Gasteiger partial charge in [-0.2, -0.15) is 5.26 Å². The van der Waals surface area contributed by atoms with Crippen LogP contribution in [0.2, 0.25) is 0 Å². The Hall–Kier alpha value is -2.30. The summed E-state index contributed by atoms with van der Waals surface area (Å²) in [5.41, 5.74) is 0.529. The minimum absolute atomic E-state index is 0.215. The van der Waals surface area contributed by atoms with Crippen LogP contribution in [0.5, 0.6) is 11.5 Å². The number of hydrogen-bond donors (Lipinski definition) is 0. The summed E-state index contributed by atoms with van der Waals surface area (Å²) in [5, 5.41) is 8.96. The normalized spacial score (nSPS) is 20.1. The second-order valence-corrected chi connectivity index (χ2v) is 7.69. The minimum atomic E-state index is 0.215. The number of nitrogens with zero attached hydrogens (tertiary/aromatic N) is 3. The maximum Gasteiger partial charge on any atom is 0.222 e. The highest BCUT2D eigenvalue weighted by Gasteiger charge is 2.25. The Balaban J connectivity index is 1.39. The molecular formula is C22H31N3O4. The van der Waals surface area contributed by atoms with Crippen molar-refractivity contribution in [3.8, 4) is 17.6 Å². The molecule has 1 atom stereocenters. The van der Waals surface area contributed by atoms with E-state index in [0.717, 1.165) is 52.4 Å². The Labute approximate surface area is 173 Å². The van der Waals surface area contributed by atoms with E-state index in [1.165, 1.54) is 6.42 Å². The van der Waals surface area contributed by atoms with Gasteiger partial charge in [0.2, 0.25) is 5.91 Å². The number of likely N-dealkylation sites (tertiary alicyclic amines) is 1. The Morgan fingerprint density at radius 3 is 2.86 bits per heavy atom. The van der Waals surface area contributed by atoms with Gasteiger partial charge in [0.15, 0.2) is 11.5 Å². The smallest absolute Gasteiger partial charge is 0.222 e. The molecule has 0 saturated carbocycles. The van der Waals surface area contributed by atoms with Crippen molar-refractivity contribution in [3.05, 3.63) is 23.8 Å². The van der Waals surface area contributed by atoms with Crippen molar-refractivity contribution >= 4 is 5.91 Å². The first-order valence-electron chi connectivity index (χ1n) is 10.5. The lowest BCUT2D eigenvalue weighted by molar-refractivity contribution is -0.133. The molecule has 7 heteroatoms. The van der Waals surface area contributed by atoms with E-state index in [1.807, 2.05) is 4.90 Å². The number of benzene rings is 1. The standard InChI is InChI=1S/C22H31N3O4/c1-27-21-14-18(15-23)6-7-20(21)29-11-3-5-22(26)25-8-2-4-19(17-25)16-24-9-12-28-13-10-24/h6-7,14,19H,2-5,8-13,16-17H2,1H3/t19-/m1/s1. The largest absolute Gasteiger partial charge is 0.493 e. The maximum atomic E-state index is 12.6. The number of carbonyl (C=O) groups excluding carboxylic acids is 1. The van der Waals surface area contributed by atoms with Crippen LogP contribution in [-0.2, 0) is 9.53 Å². The average molecular weight is 402 g/mol. The van der Waals surface area contributed by atoms with E-state index in [9.17, 15) is 4.79 Å². The molecule has 2 aliphatic rings. The van der Waals surface area contributed by atoms with E-state index in [0.29, 0.717) is 42.4 Å². The Morgan fingerprint density at radius 2 is 2.10 bits per heavy atom. The van der Waals surface area contributed by atoms with Gasteiger partial charge in [-0.3, -0.25) is 9.69 Å². The van der Waals surface area contributed by atoms with Gasteiger partial charge in [-0.15, -0.1) is 0 Å². The van der Waals surface area contributed by atoms with Crippen LogP contribution in [0.25, 0.3) is 0 Å². The lowest BCUT2D eigenvalue weighted by atomic mass is 9.97. The van der Waals surface area contributed by atoms with Gasteiger partial charge in [-0.05, 0) is 37.3 Å². The number of morpholine rings is 1. The van der Waals surface area contributed by atoms with Crippen LogP contribution in [0.4, 0.5) is 0 Å².